The zero-order valence-corrected chi connectivity index (χ0v) is 16.5. The third-order valence-corrected chi connectivity index (χ3v) is 4.91. The van der Waals surface area contributed by atoms with E-state index in [4.69, 9.17) is 4.74 Å². The predicted molar refractivity (Wildman–Crippen MR) is 113 cm³/mol. The maximum atomic E-state index is 9.58. The number of hydrogen-bond acceptors (Lipinski definition) is 5. The Kier molecular flexibility index (Phi) is 5.90. The smallest absolute Gasteiger partial charge is 0.134 e. The van der Waals surface area contributed by atoms with Gasteiger partial charge in [0, 0.05) is 30.7 Å². The van der Waals surface area contributed by atoms with Crippen LogP contribution in [0.2, 0.25) is 0 Å². The van der Waals surface area contributed by atoms with Crippen LogP contribution in [0.15, 0.2) is 53.9 Å². The van der Waals surface area contributed by atoms with Crippen molar-refractivity contribution in [2.75, 3.05) is 25.6 Å². The minimum absolute atomic E-state index is 0.565. The Morgan fingerprint density at radius 2 is 1.85 bits per heavy atom. The van der Waals surface area contributed by atoms with Crippen LogP contribution >= 0.6 is 11.3 Å². The van der Waals surface area contributed by atoms with Gasteiger partial charge in [-0.25, -0.2) is 4.98 Å². The number of anilines is 1. The van der Waals surface area contributed by atoms with Gasteiger partial charge < -0.3 is 9.64 Å². The van der Waals surface area contributed by atoms with Crippen molar-refractivity contribution in [3.63, 3.8) is 0 Å². The number of hydrogen-bond donors (Lipinski definition) is 0. The van der Waals surface area contributed by atoms with E-state index in [0.717, 1.165) is 33.3 Å². The summed E-state index contributed by atoms with van der Waals surface area (Å²) >= 11 is 1.48. The molecule has 5 heteroatoms. The molecule has 0 aliphatic heterocycles. The van der Waals surface area contributed by atoms with Gasteiger partial charge in [-0.1, -0.05) is 12.1 Å². The number of nitrogens with zero attached hydrogens (tertiary/aromatic N) is 3. The normalized spacial score (nSPS) is 11.1. The number of thiazole rings is 1. The van der Waals surface area contributed by atoms with Crippen LogP contribution in [-0.2, 0) is 0 Å². The van der Waals surface area contributed by atoms with Gasteiger partial charge in [-0.15, -0.1) is 11.3 Å². The van der Waals surface area contributed by atoms with Crippen LogP contribution in [0, 0.1) is 11.3 Å². The Balaban J connectivity index is 1.83. The van der Waals surface area contributed by atoms with E-state index in [1.54, 1.807) is 0 Å². The van der Waals surface area contributed by atoms with Crippen LogP contribution in [0.4, 0.5) is 5.69 Å². The van der Waals surface area contributed by atoms with Gasteiger partial charge in [-0.05, 0) is 55.0 Å². The van der Waals surface area contributed by atoms with Crippen molar-refractivity contribution in [1.82, 2.24) is 4.98 Å². The summed E-state index contributed by atoms with van der Waals surface area (Å²) in [6.45, 7) is 2.61. The summed E-state index contributed by atoms with van der Waals surface area (Å²) < 4.78 is 5.47. The molecule has 0 unspecified atom stereocenters. The molecule has 1 aromatic heterocycles. The summed E-state index contributed by atoms with van der Waals surface area (Å²) in [5, 5.41) is 12.3. The van der Waals surface area contributed by atoms with E-state index in [9.17, 15) is 5.26 Å². The molecule has 0 aliphatic carbocycles. The van der Waals surface area contributed by atoms with E-state index in [-0.39, 0.29) is 0 Å². The molecule has 0 amide bonds. The van der Waals surface area contributed by atoms with Crippen LogP contribution in [0.1, 0.15) is 17.5 Å². The highest BCUT2D eigenvalue weighted by molar-refractivity contribution is 7.11. The second-order valence-electron chi connectivity index (χ2n) is 6.15. The molecule has 1 heterocycles. The lowest BCUT2D eigenvalue weighted by Crippen LogP contribution is -2.07. The van der Waals surface area contributed by atoms with Gasteiger partial charge in [-0.3, -0.25) is 0 Å². The first-order valence-electron chi connectivity index (χ1n) is 8.69. The van der Waals surface area contributed by atoms with E-state index in [2.05, 4.69) is 11.1 Å². The average molecular weight is 375 g/mol. The van der Waals surface area contributed by atoms with Crippen molar-refractivity contribution in [2.45, 2.75) is 6.92 Å². The number of aromatic nitrogens is 1. The molecular formula is C22H21N3OS. The average Bonchev–Trinajstić information content (AvgIpc) is 3.17. The molecule has 0 fully saturated rings. The van der Waals surface area contributed by atoms with Crippen LogP contribution in [0.25, 0.3) is 22.9 Å². The molecule has 3 rings (SSSR count). The molecule has 0 saturated carbocycles. The Morgan fingerprint density at radius 1 is 1.15 bits per heavy atom. The summed E-state index contributed by atoms with van der Waals surface area (Å²) in [5.41, 5.74) is 4.54. The zero-order valence-electron chi connectivity index (χ0n) is 15.6. The first-order valence-corrected chi connectivity index (χ1v) is 9.57. The minimum atomic E-state index is 0.565. The zero-order chi connectivity index (χ0) is 19.2. The van der Waals surface area contributed by atoms with Crippen molar-refractivity contribution in [3.8, 4) is 23.1 Å². The standard InChI is InChI=1S/C22H21N3OS/c1-4-26-20-11-7-17(8-12-20)21-15-27-22(24-21)18(14-23)13-16-5-9-19(10-6-16)25(2)3/h5-13,15H,4H2,1-3H3/b18-13+. The molecule has 136 valence electrons. The first kappa shape index (κ1) is 18.7. The lowest BCUT2D eigenvalue weighted by molar-refractivity contribution is 0.340. The van der Waals surface area contributed by atoms with Gasteiger partial charge in [0.2, 0.25) is 0 Å². The first-order chi connectivity index (χ1) is 13.1. The minimum Gasteiger partial charge on any atom is -0.494 e. The number of rotatable bonds is 6. The number of benzene rings is 2. The van der Waals surface area contributed by atoms with Gasteiger partial charge in [0.05, 0.1) is 17.9 Å². The molecule has 27 heavy (non-hydrogen) atoms. The number of allylic oxidation sites excluding steroid dienone is 1. The van der Waals surface area contributed by atoms with Crippen molar-refractivity contribution in [2.24, 2.45) is 0 Å². The van der Waals surface area contributed by atoms with Gasteiger partial charge in [0.15, 0.2) is 0 Å². The second kappa shape index (κ2) is 8.52. The fraction of sp³-hybridized carbons (Fsp3) is 0.182. The highest BCUT2D eigenvalue weighted by atomic mass is 32.1. The van der Waals surface area contributed by atoms with Gasteiger partial charge in [0.1, 0.15) is 16.8 Å². The lowest BCUT2D eigenvalue weighted by atomic mass is 10.1. The second-order valence-corrected chi connectivity index (χ2v) is 7.01. The molecule has 0 saturated heterocycles. The molecule has 0 N–H and O–H groups in total. The Morgan fingerprint density at radius 3 is 2.44 bits per heavy atom. The quantitative estimate of drug-likeness (QED) is 0.546. The van der Waals surface area contributed by atoms with Crippen LogP contribution in [0.3, 0.4) is 0 Å². The van der Waals surface area contributed by atoms with Crippen LogP contribution in [-0.4, -0.2) is 25.7 Å². The molecular weight excluding hydrogens is 354 g/mol. The third kappa shape index (κ3) is 4.55. The van der Waals surface area contributed by atoms with Crippen molar-refractivity contribution >= 4 is 28.7 Å². The van der Waals surface area contributed by atoms with E-state index in [1.165, 1.54) is 11.3 Å². The van der Waals surface area contributed by atoms with Crippen molar-refractivity contribution in [1.29, 1.82) is 5.26 Å². The summed E-state index contributed by atoms with van der Waals surface area (Å²) in [6, 6.07) is 18.2. The molecule has 0 bridgehead atoms. The van der Waals surface area contributed by atoms with E-state index < -0.39 is 0 Å². The SMILES string of the molecule is CCOc1ccc(-c2csc(/C(C#N)=C/c3ccc(N(C)C)cc3)n2)cc1. The number of nitriles is 1. The highest BCUT2D eigenvalue weighted by Gasteiger charge is 2.09. The van der Waals surface area contributed by atoms with E-state index in [1.807, 2.05) is 85.9 Å². The number of ether oxygens (including phenoxy) is 1. The molecule has 0 atom stereocenters. The molecule has 0 aliphatic rings. The van der Waals surface area contributed by atoms with E-state index in [0.29, 0.717) is 12.2 Å². The third-order valence-electron chi connectivity index (χ3n) is 4.04. The molecule has 4 nitrogen and oxygen atoms in total. The van der Waals surface area contributed by atoms with Crippen LogP contribution in [0.5, 0.6) is 5.75 Å². The van der Waals surface area contributed by atoms with Gasteiger partial charge in [0.25, 0.3) is 0 Å². The maximum absolute atomic E-state index is 9.58. The summed E-state index contributed by atoms with van der Waals surface area (Å²) in [7, 11) is 4.01. The molecule has 2 aromatic carbocycles. The van der Waals surface area contributed by atoms with Crippen molar-refractivity contribution < 1.29 is 4.74 Å². The maximum Gasteiger partial charge on any atom is 0.134 e. The topological polar surface area (TPSA) is 49.1 Å². The highest BCUT2D eigenvalue weighted by Crippen LogP contribution is 2.28. The summed E-state index contributed by atoms with van der Waals surface area (Å²) in [6.07, 6.45) is 1.88. The predicted octanol–water partition coefficient (Wildman–Crippen LogP) is 5.34. The Hall–Kier alpha value is -3.10. The van der Waals surface area contributed by atoms with Gasteiger partial charge >= 0.3 is 0 Å². The molecule has 0 radical (unpaired) electrons. The lowest BCUT2D eigenvalue weighted by Gasteiger charge is -2.11. The Labute approximate surface area is 164 Å². The van der Waals surface area contributed by atoms with Crippen LogP contribution < -0.4 is 9.64 Å². The van der Waals surface area contributed by atoms with E-state index >= 15 is 0 Å². The largest absolute Gasteiger partial charge is 0.494 e. The molecule has 3 aromatic rings. The monoisotopic (exact) mass is 375 g/mol. The fourth-order valence-electron chi connectivity index (χ4n) is 2.60. The molecule has 0 spiro atoms. The fourth-order valence-corrected chi connectivity index (χ4v) is 3.39. The Bertz CT molecular complexity index is 964. The summed E-state index contributed by atoms with van der Waals surface area (Å²) in [4.78, 5) is 6.69. The van der Waals surface area contributed by atoms with Gasteiger partial charge in [-0.2, -0.15) is 5.26 Å². The summed E-state index contributed by atoms with van der Waals surface area (Å²) in [5.74, 6) is 0.843. The van der Waals surface area contributed by atoms with Crippen molar-refractivity contribution in [3.05, 3.63) is 64.5 Å².